The lowest BCUT2D eigenvalue weighted by Gasteiger charge is -2.38. The van der Waals surface area contributed by atoms with Crippen molar-refractivity contribution >= 4 is 12.0 Å². The molecule has 0 spiro atoms. The Balaban J connectivity index is 2.74. The first-order valence-electron chi connectivity index (χ1n) is 5.97. The number of aliphatic hydroxyl groups is 1. The summed E-state index contributed by atoms with van der Waals surface area (Å²) >= 11 is 0. The Kier molecular flexibility index (Phi) is 5.36. The van der Waals surface area contributed by atoms with Crippen molar-refractivity contribution in [2.24, 2.45) is 0 Å². The maximum atomic E-state index is 12.2. The van der Waals surface area contributed by atoms with Crippen LogP contribution < -0.4 is 0 Å². The van der Waals surface area contributed by atoms with Crippen LogP contribution in [-0.4, -0.2) is 77.5 Å². The van der Waals surface area contributed by atoms with Crippen LogP contribution in [0.3, 0.4) is 0 Å². The van der Waals surface area contributed by atoms with Crippen LogP contribution >= 0.6 is 0 Å². The fraction of sp³-hybridized carbons (Fsp3) is 0.818. The highest BCUT2D eigenvalue weighted by atomic mass is 16.5. The number of amides is 2. The molecule has 2 atom stereocenters. The summed E-state index contributed by atoms with van der Waals surface area (Å²) < 4.78 is 5.18. The number of carbonyl (C=O) groups is 2. The van der Waals surface area contributed by atoms with Crippen LogP contribution in [0.4, 0.5) is 4.79 Å². The van der Waals surface area contributed by atoms with Crippen LogP contribution in [0.1, 0.15) is 13.3 Å². The van der Waals surface area contributed by atoms with Gasteiger partial charge in [-0.05, 0) is 6.42 Å². The molecule has 1 aliphatic heterocycles. The molecule has 2 N–H and O–H groups in total. The van der Waals surface area contributed by atoms with Crippen molar-refractivity contribution < 1.29 is 24.5 Å². The quantitative estimate of drug-likeness (QED) is 0.717. The second-order valence-corrected chi connectivity index (χ2v) is 4.26. The molecule has 1 fully saturated rings. The number of morpholine rings is 1. The summed E-state index contributed by atoms with van der Waals surface area (Å²) in [6.07, 6.45) is 0.339. The van der Waals surface area contributed by atoms with E-state index in [4.69, 9.17) is 9.84 Å². The number of ether oxygens (including phenoxy) is 1. The van der Waals surface area contributed by atoms with E-state index in [0.29, 0.717) is 19.6 Å². The second-order valence-electron chi connectivity index (χ2n) is 4.26. The summed E-state index contributed by atoms with van der Waals surface area (Å²) in [5.41, 5.74) is 0. The Hall–Kier alpha value is -1.34. The third kappa shape index (κ3) is 3.11. The van der Waals surface area contributed by atoms with Crippen LogP contribution in [0.15, 0.2) is 0 Å². The number of likely N-dealkylation sites (N-methyl/N-ethyl adjacent to an activating group) is 1. The number of aliphatic carboxylic acids is 1. The first-order chi connectivity index (χ1) is 8.52. The molecule has 1 heterocycles. The Morgan fingerprint density at radius 3 is 2.72 bits per heavy atom. The van der Waals surface area contributed by atoms with Gasteiger partial charge in [-0.2, -0.15) is 0 Å². The Bertz CT molecular complexity index is 310. The van der Waals surface area contributed by atoms with Gasteiger partial charge in [-0.15, -0.1) is 0 Å². The summed E-state index contributed by atoms with van der Waals surface area (Å²) in [6.45, 7) is 2.57. The predicted octanol–water partition coefficient (Wildman–Crippen LogP) is -0.405. The highest BCUT2D eigenvalue weighted by molar-refractivity contribution is 5.82. The van der Waals surface area contributed by atoms with E-state index in [1.807, 2.05) is 0 Å². The highest BCUT2D eigenvalue weighted by Crippen LogP contribution is 2.12. The largest absolute Gasteiger partial charge is 0.480 e. The lowest BCUT2D eigenvalue weighted by Crippen LogP contribution is -2.57. The molecule has 1 rings (SSSR count). The van der Waals surface area contributed by atoms with Crippen LogP contribution in [0.5, 0.6) is 0 Å². The Labute approximate surface area is 106 Å². The van der Waals surface area contributed by atoms with E-state index >= 15 is 0 Å². The van der Waals surface area contributed by atoms with E-state index in [9.17, 15) is 14.7 Å². The zero-order valence-electron chi connectivity index (χ0n) is 10.7. The zero-order chi connectivity index (χ0) is 13.7. The Morgan fingerprint density at radius 1 is 1.56 bits per heavy atom. The number of carboxylic acid groups (broad SMARTS) is 1. The maximum Gasteiger partial charge on any atom is 0.326 e. The van der Waals surface area contributed by atoms with E-state index in [1.54, 1.807) is 6.92 Å². The molecule has 2 unspecified atom stereocenters. The molecule has 0 saturated carbocycles. The number of hydrogen-bond acceptors (Lipinski definition) is 4. The van der Waals surface area contributed by atoms with Gasteiger partial charge in [0.1, 0.15) is 6.04 Å². The minimum Gasteiger partial charge on any atom is -0.480 e. The monoisotopic (exact) mass is 260 g/mol. The number of hydrogen-bond donors (Lipinski definition) is 2. The van der Waals surface area contributed by atoms with E-state index in [0.717, 1.165) is 0 Å². The molecule has 1 saturated heterocycles. The number of aliphatic hydroxyl groups excluding tert-OH is 1. The molecule has 104 valence electrons. The van der Waals surface area contributed by atoms with Gasteiger partial charge in [0.15, 0.2) is 0 Å². The number of carbonyl (C=O) groups excluding carboxylic acids is 1. The summed E-state index contributed by atoms with van der Waals surface area (Å²) in [5.74, 6) is -1.03. The fourth-order valence-electron chi connectivity index (χ4n) is 2.01. The molecule has 0 aromatic rings. The molecular formula is C11H20N2O5. The summed E-state index contributed by atoms with van der Waals surface area (Å²) in [4.78, 5) is 25.9. The van der Waals surface area contributed by atoms with Crippen LogP contribution in [-0.2, 0) is 9.53 Å². The third-order valence-electron chi connectivity index (χ3n) is 3.12. The van der Waals surface area contributed by atoms with Crippen molar-refractivity contribution in [2.45, 2.75) is 25.4 Å². The van der Waals surface area contributed by atoms with Gasteiger partial charge >= 0.3 is 12.0 Å². The van der Waals surface area contributed by atoms with Gasteiger partial charge in [-0.25, -0.2) is 9.59 Å². The SMILES string of the molecule is CCC(C(=O)O)N(C)C(=O)N1CCOCC1CO. The van der Waals surface area contributed by atoms with Crippen LogP contribution in [0, 0.1) is 0 Å². The summed E-state index contributed by atoms with van der Waals surface area (Å²) in [6, 6.07) is -1.63. The minimum atomic E-state index is -1.03. The van der Waals surface area contributed by atoms with E-state index < -0.39 is 18.1 Å². The zero-order valence-corrected chi connectivity index (χ0v) is 10.7. The van der Waals surface area contributed by atoms with Gasteiger partial charge in [-0.3, -0.25) is 0 Å². The number of nitrogens with zero attached hydrogens (tertiary/aromatic N) is 2. The van der Waals surface area contributed by atoms with Crippen molar-refractivity contribution in [3.8, 4) is 0 Å². The van der Waals surface area contributed by atoms with Gasteiger partial charge in [0.25, 0.3) is 0 Å². The number of carboxylic acids is 1. The smallest absolute Gasteiger partial charge is 0.326 e. The standard InChI is InChI=1S/C11H20N2O5/c1-3-9(10(15)16)12(2)11(17)13-4-5-18-7-8(13)6-14/h8-9,14H,3-7H2,1-2H3,(H,15,16). The van der Waals surface area contributed by atoms with Crippen LogP contribution in [0.2, 0.25) is 0 Å². The highest BCUT2D eigenvalue weighted by Gasteiger charge is 2.33. The molecule has 0 radical (unpaired) electrons. The molecule has 0 aromatic heterocycles. The first-order valence-corrected chi connectivity index (χ1v) is 5.97. The van der Waals surface area contributed by atoms with E-state index in [-0.39, 0.29) is 19.2 Å². The summed E-state index contributed by atoms with van der Waals surface area (Å²) in [7, 11) is 1.47. The molecule has 7 nitrogen and oxygen atoms in total. The summed E-state index contributed by atoms with van der Waals surface area (Å²) in [5, 5.41) is 18.2. The molecule has 1 aliphatic rings. The maximum absolute atomic E-state index is 12.2. The molecule has 7 heteroatoms. The van der Waals surface area contributed by atoms with E-state index in [1.165, 1.54) is 16.8 Å². The first kappa shape index (κ1) is 14.7. The second kappa shape index (κ2) is 6.55. The molecule has 2 amide bonds. The van der Waals surface area contributed by atoms with Crippen molar-refractivity contribution in [1.82, 2.24) is 9.80 Å². The van der Waals surface area contributed by atoms with Crippen molar-refractivity contribution in [3.05, 3.63) is 0 Å². The predicted molar refractivity (Wildman–Crippen MR) is 63.3 cm³/mol. The van der Waals surface area contributed by atoms with Gasteiger partial charge in [0.05, 0.1) is 25.9 Å². The van der Waals surface area contributed by atoms with Crippen molar-refractivity contribution in [2.75, 3.05) is 33.4 Å². The molecule has 18 heavy (non-hydrogen) atoms. The average Bonchev–Trinajstić information content (AvgIpc) is 2.38. The molecule has 0 aromatic carbocycles. The van der Waals surface area contributed by atoms with Gasteiger partial charge in [0.2, 0.25) is 0 Å². The Morgan fingerprint density at radius 2 is 2.22 bits per heavy atom. The molecule has 0 aliphatic carbocycles. The van der Waals surface area contributed by atoms with Gasteiger partial charge < -0.3 is 24.7 Å². The molecular weight excluding hydrogens is 240 g/mol. The fourth-order valence-corrected chi connectivity index (χ4v) is 2.01. The lowest BCUT2D eigenvalue weighted by atomic mass is 10.2. The third-order valence-corrected chi connectivity index (χ3v) is 3.12. The number of urea groups is 1. The minimum absolute atomic E-state index is 0.191. The van der Waals surface area contributed by atoms with Crippen molar-refractivity contribution in [1.29, 1.82) is 0 Å². The van der Waals surface area contributed by atoms with Gasteiger partial charge in [0, 0.05) is 13.6 Å². The lowest BCUT2D eigenvalue weighted by molar-refractivity contribution is -0.142. The van der Waals surface area contributed by atoms with Crippen LogP contribution in [0.25, 0.3) is 0 Å². The molecule has 0 bridgehead atoms. The number of rotatable bonds is 4. The van der Waals surface area contributed by atoms with Crippen molar-refractivity contribution in [3.63, 3.8) is 0 Å². The topological polar surface area (TPSA) is 90.3 Å². The van der Waals surface area contributed by atoms with E-state index in [2.05, 4.69) is 0 Å². The normalized spacial score (nSPS) is 21.5. The average molecular weight is 260 g/mol. The van der Waals surface area contributed by atoms with Gasteiger partial charge in [-0.1, -0.05) is 6.92 Å².